The number of imide groups is 1. The molecule has 19 heteroatoms. The number of halogens is 6. The van der Waals surface area contributed by atoms with E-state index in [1.807, 2.05) is 0 Å². The molecule has 0 radical (unpaired) electrons. The van der Waals surface area contributed by atoms with Crippen molar-refractivity contribution in [2.75, 3.05) is 13.1 Å². The third kappa shape index (κ3) is 4.30. The quantitative estimate of drug-likeness (QED) is 0.126. The molecule has 41 heavy (non-hydrogen) atoms. The summed E-state index contributed by atoms with van der Waals surface area (Å²) in [6, 6.07) is -2.46. The van der Waals surface area contributed by atoms with Gasteiger partial charge in [0.1, 0.15) is 6.04 Å². The van der Waals surface area contributed by atoms with Crippen molar-refractivity contribution in [3.05, 3.63) is 34.9 Å². The predicted octanol–water partition coefficient (Wildman–Crippen LogP) is -0.925. The van der Waals surface area contributed by atoms with Gasteiger partial charge in [-0.25, -0.2) is 14.8 Å². The number of guanidine groups is 2. The zero-order valence-corrected chi connectivity index (χ0v) is 20.5. The normalized spacial score (nSPS) is 29.1. The minimum absolute atomic E-state index is 0.0560. The van der Waals surface area contributed by atoms with E-state index in [0.29, 0.717) is 0 Å². The summed E-state index contributed by atoms with van der Waals surface area (Å²) >= 11 is 0. The number of nitrogens with zero attached hydrogens (tertiary/aromatic N) is 4. The highest BCUT2D eigenvalue weighted by Crippen LogP contribution is 2.46. The van der Waals surface area contributed by atoms with E-state index in [1.165, 1.54) is 0 Å². The Balaban J connectivity index is 1.49. The van der Waals surface area contributed by atoms with Gasteiger partial charge in [-0.05, 0) is 18.2 Å². The number of benzene rings is 1. The molecule has 0 aliphatic carbocycles. The summed E-state index contributed by atoms with van der Waals surface area (Å²) in [5.74, 6) is -7.06. The molecule has 0 aromatic heterocycles. The van der Waals surface area contributed by atoms with E-state index in [9.17, 15) is 50.9 Å². The summed E-state index contributed by atoms with van der Waals surface area (Å²) in [5.41, 5.74) is 4.74. The lowest BCUT2D eigenvalue weighted by Gasteiger charge is -2.48. The monoisotopic (exact) mass is 593 g/mol. The van der Waals surface area contributed by atoms with E-state index >= 15 is 0 Å². The Bertz CT molecular complexity index is 1380. The summed E-state index contributed by atoms with van der Waals surface area (Å²) < 4.78 is 85.3. The third-order valence-electron chi connectivity index (χ3n) is 7.39. The van der Waals surface area contributed by atoms with Gasteiger partial charge in [-0.2, -0.15) is 26.3 Å². The Morgan fingerprint density at radius 1 is 1.07 bits per heavy atom. The number of ether oxygens (including phenoxy) is 1. The minimum Gasteiger partial charge on any atom is -0.451 e. The van der Waals surface area contributed by atoms with Gasteiger partial charge in [-0.15, -0.1) is 0 Å². The van der Waals surface area contributed by atoms with Crippen LogP contribution in [0.4, 0.5) is 26.3 Å². The van der Waals surface area contributed by atoms with Crippen molar-refractivity contribution in [3.63, 3.8) is 0 Å². The van der Waals surface area contributed by atoms with Crippen LogP contribution in [0, 0.1) is 0 Å². The van der Waals surface area contributed by atoms with Crippen molar-refractivity contribution in [2.45, 2.75) is 54.8 Å². The molecule has 2 saturated heterocycles. The molecule has 4 aliphatic heterocycles. The number of amides is 2. The fourth-order valence-corrected chi connectivity index (χ4v) is 5.51. The van der Waals surface area contributed by atoms with Crippen molar-refractivity contribution in [1.82, 2.24) is 15.1 Å². The van der Waals surface area contributed by atoms with E-state index in [1.54, 1.807) is 0 Å². The molecule has 0 unspecified atom stereocenters. The molecule has 4 heterocycles. The lowest BCUT2D eigenvalue weighted by atomic mass is 9.85. The van der Waals surface area contributed by atoms with Crippen molar-refractivity contribution in [3.8, 4) is 0 Å². The van der Waals surface area contributed by atoms with Crippen molar-refractivity contribution in [2.24, 2.45) is 21.5 Å². The van der Waals surface area contributed by atoms with E-state index in [4.69, 9.17) is 16.2 Å². The first-order valence-electron chi connectivity index (χ1n) is 11.9. The second-order valence-corrected chi connectivity index (χ2v) is 9.79. The van der Waals surface area contributed by atoms with Crippen molar-refractivity contribution < 1.29 is 55.7 Å². The van der Waals surface area contributed by atoms with Gasteiger partial charge in [-0.1, -0.05) is 0 Å². The molecule has 0 bridgehead atoms. The number of aliphatic imine (C=N–C) groups is 2. The van der Waals surface area contributed by atoms with Crippen molar-refractivity contribution in [1.29, 1.82) is 0 Å². The molecular weight excluding hydrogens is 572 g/mol. The largest absolute Gasteiger partial charge is 0.451 e. The zero-order chi connectivity index (χ0) is 30.3. The van der Waals surface area contributed by atoms with Crippen LogP contribution >= 0.6 is 0 Å². The molecule has 13 nitrogen and oxygen atoms in total. The van der Waals surface area contributed by atoms with Gasteiger partial charge in [0.05, 0.1) is 35.8 Å². The number of carbonyl (C=O) groups is 3. The van der Waals surface area contributed by atoms with Crippen LogP contribution in [0.5, 0.6) is 0 Å². The predicted molar refractivity (Wildman–Crippen MR) is 122 cm³/mol. The van der Waals surface area contributed by atoms with E-state index < -0.39 is 95.5 Å². The number of alkyl halides is 6. The second kappa shape index (κ2) is 8.93. The molecule has 1 aromatic carbocycles. The topological polar surface area (TPSA) is 196 Å². The SMILES string of the molecule is NC1=N[C@H]2[C@H](CN3C(=O)CCC3=O)N=C(N)N3C[C@H](OC(=O)c4cc(C(F)(F)F)ccc4C(F)(F)F)C(O)(O)[C@]23N1. The van der Waals surface area contributed by atoms with E-state index in [-0.39, 0.29) is 37.0 Å². The maximum Gasteiger partial charge on any atom is 0.417 e. The van der Waals surface area contributed by atoms with Gasteiger partial charge < -0.3 is 36.6 Å². The summed E-state index contributed by atoms with van der Waals surface area (Å²) in [4.78, 5) is 47.4. The number of aliphatic hydroxyl groups is 2. The first-order valence-corrected chi connectivity index (χ1v) is 11.9. The maximum atomic E-state index is 13.6. The van der Waals surface area contributed by atoms with Crippen LogP contribution in [0.2, 0.25) is 0 Å². The number of nitrogens with two attached hydrogens (primary N) is 2. The number of rotatable bonds is 4. The molecule has 4 aliphatic rings. The molecule has 0 saturated carbocycles. The zero-order valence-electron chi connectivity index (χ0n) is 20.5. The van der Waals surface area contributed by atoms with Crippen LogP contribution in [0.25, 0.3) is 0 Å². The minimum atomic E-state index is -5.27. The van der Waals surface area contributed by atoms with Gasteiger partial charge in [0.15, 0.2) is 23.7 Å². The lowest BCUT2D eigenvalue weighted by molar-refractivity contribution is -0.256. The molecule has 1 aromatic rings. The Morgan fingerprint density at radius 2 is 1.71 bits per heavy atom. The molecule has 222 valence electrons. The highest BCUT2D eigenvalue weighted by molar-refractivity contribution is 6.02. The summed E-state index contributed by atoms with van der Waals surface area (Å²) in [6.45, 7) is -1.12. The number of hydrogen-bond donors (Lipinski definition) is 5. The van der Waals surface area contributed by atoms with Gasteiger partial charge in [0.2, 0.25) is 17.6 Å². The fourth-order valence-electron chi connectivity index (χ4n) is 5.51. The van der Waals surface area contributed by atoms with E-state index in [0.717, 1.165) is 9.80 Å². The number of carbonyl (C=O) groups excluding carboxylic acids is 3. The maximum absolute atomic E-state index is 13.6. The van der Waals surface area contributed by atoms with Crippen LogP contribution in [-0.2, 0) is 26.7 Å². The van der Waals surface area contributed by atoms with Crippen LogP contribution in [0.1, 0.15) is 34.3 Å². The number of esters is 1. The summed E-state index contributed by atoms with van der Waals surface area (Å²) in [6.07, 6.45) is -12.6. The molecular formula is C22H21F6N7O6. The van der Waals surface area contributed by atoms with Crippen LogP contribution in [0.15, 0.2) is 28.2 Å². The Morgan fingerprint density at radius 3 is 2.29 bits per heavy atom. The number of nitrogens with one attached hydrogen (secondary N) is 1. The molecule has 7 N–H and O–H groups in total. The first kappa shape index (κ1) is 28.4. The van der Waals surface area contributed by atoms with Crippen LogP contribution in [0.3, 0.4) is 0 Å². The van der Waals surface area contributed by atoms with Gasteiger partial charge in [-0.3, -0.25) is 14.5 Å². The van der Waals surface area contributed by atoms with E-state index in [2.05, 4.69) is 15.3 Å². The summed E-state index contributed by atoms with van der Waals surface area (Å²) in [7, 11) is 0. The molecule has 4 atom stereocenters. The first-order chi connectivity index (χ1) is 18.9. The number of likely N-dealkylation sites (tertiary alicyclic amines) is 1. The fraction of sp³-hybridized carbons (Fsp3) is 0.500. The van der Waals surface area contributed by atoms with Crippen molar-refractivity contribution >= 4 is 29.7 Å². The summed E-state index contributed by atoms with van der Waals surface area (Å²) in [5, 5.41) is 25.2. The van der Waals surface area contributed by atoms with Crippen LogP contribution in [-0.4, -0.2) is 92.4 Å². The molecule has 2 amide bonds. The van der Waals surface area contributed by atoms with Gasteiger partial charge in [0.25, 0.3) is 0 Å². The second-order valence-electron chi connectivity index (χ2n) is 9.79. The lowest BCUT2D eigenvalue weighted by Crippen LogP contribution is -2.77. The third-order valence-corrected chi connectivity index (χ3v) is 7.39. The molecule has 2 fully saturated rings. The highest BCUT2D eigenvalue weighted by atomic mass is 19.4. The smallest absolute Gasteiger partial charge is 0.417 e. The average molecular weight is 593 g/mol. The Hall–Kier alpha value is -4.13. The van der Waals surface area contributed by atoms with Gasteiger partial charge in [0, 0.05) is 12.8 Å². The molecule has 1 spiro atoms. The standard InChI is InChI=1S/C22H21F6N7O6/c23-21(24,25)8-1-2-10(22(26,27)28)9(5-8)16(38)41-12-7-35-18(30)31-11(6-34-13(36)3-4-14(34)37)15-19(35,20(12,39)40)33-17(29)32-15/h1-2,5,11-12,15,39-40H,3-4,6-7H2,(H2,30,31)(H3,29,32,33)/t11-,12-,15-,19-/m0/s1. The average Bonchev–Trinajstić information content (AvgIpc) is 3.45. The Labute approximate surface area is 225 Å². The molecule has 5 rings (SSSR count). The Kier molecular flexibility index (Phi) is 6.19. The highest BCUT2D eigenvalue weighted by Gasteiger charge is 2.74. The van der Waals surface area contributed by atoms with Crippen LogP contribution < -0.4 is 16.8 Å². The van der Waals surface area contributed by atoms with Gasteiger partial charge >= 0.3 is 18.3 Å². The number of hydrogen-bond acceptors (Lipinski definition) is 12.